The highest BCUT2D eigenvalue weighted by Gasteiger charge is 2.17. The average Bonchev–Trinajstić information content (AvgIpc) is 3.12. The molecule has 0 aliphatic carbocycles. The molecule has 0 saturated carbocycles. The van der Waals surface area contributed by atoms with Gasteiger partial charge in [0.15, 0.2) is 5.82 Å². The van der Waals surface area contributed by atoms with Crippen molar-refractivity contribution in [3.63, 3.8) is 0 Å². The van der Waals surface area contributed by atoms with E-state index in [-0.39, 0.29) is 11.9 Å². The van der Waals surface area contributed by atoms with E-state index in [0.717, 1.165) is 17.0 Å². The lowest BCUT2D eigenvalue weighted by Crippen LogP contribution is -2.28. The highest BCUT2D eigenvalue weighted by Crippen LogP contribution is 2.31. The summed E-state index contributed by atoms with van der Waals surface area (Å²) in [6.45, 7) is 5.61. The standard InChI is InChI=1S/C23H24N8O2/c1-4-24-23(33)29-17-10-8-16(9-11-17)28-22-21(31-12-6-5-7-20(31)30-22)18-13-19(27-15(3)32)26-14(2)25-18/h5-13,28H,4H2,1-3H3,(H2,24,29,33)(H,25,26,27,32). The zero-order chi connectivity index (χ0) is 23.4. The van der Waals surface area contributed by atoms with E-state index in [1.54, 1.807) is 25.1 Å². The number of benzene rings is 1. The molecule has 0 unspecified atom stereocenters. The molecule has 0 saturated heterocycles. The van der Waals surface area contributed by atoms with Gasteiger partial charge in [-0.15, -0.1) is 0 Å². The molecule has 3 heterocycles. The van der Waals surface area contributed by atoms with Crippen molar-refractivity contribution in [2.45, 2.75) is 20.8 Å². The molecular weight excluding hydrogens is 420 g/mol. The zero-order valence-electron chi connectivity index (χ0n) is 18.5. The quantitative estimate of drug-likeness (QED) is 0.357. The van der Waals surface area contributed by atoms with E-state index >= 15 is 0 Å². The van der Waals surface area contributed by atoms with Crippen LogP contribution in [-0.4, -0.2) is 37.8 Å². The molecule has 0 atom stereocenters. The van der Waals surface area contributed by atoms with Gasteiger partial charge in [0.25, 0.3) is 0 Å². The molecule has 0 aliphatic heterocycles. The van der Waals surface area contributed by atoms with Gasteiger partial charge in [-0.25, -0.2) is 19.7 Å². The number of imidazole rings is 1. The van der Waals surface area contributed by atoms with Crippen LogP contribution in [0, 0.1) is 6.92 Å². The van der Waals surface area contributed by atoms with Gasteiger partial charge >= 0.3 is 6.03 Å². The van der Waals surface area contributed by atoms with E-state index in [0.29, 0.717) is 35.4 Å². The van der Waals surface area contributed by atoms with Crippen LogP contribution >= 0.6 is 0 Å². The Morgan fingerprint density at radius 3 is 2.45 bits per heavy atom. The number of aryl methyl sites for hydroxylation is 1. The summed E-state index contributed by atoms with van der Waals surface area (Å²) in [4.78, 5) is 36.9. The smallest absolute Gasteiger partial charge is 0.319 e. The van der Waals surface area contributed by atoms with E-state index < -0.39 is 0 Å². The second-order valence-corrected chi connectivity index (χ2v) is 7.29. The van der Waals surface area contributed by atoms with Crippen LogP contribution in [0.2, 0.25) is 0 Å². The fourth-order valence-corrected chi connectivity index (χ4v) is 3.37. The minimum Gasteiger partial charge on any atom is -0.338 e. The first-order valence-corrected chi connectivity index (χ1v) is 10.5. The van der Waals surface area contributed by atoms with E-state index in [2.05, 4.69) is 31.2 Å². The van der Waals surface area contributed by atoms with Crippen LogP contribution in [0.15, 0.2) is 54.7 Å². The van der Waals surface area contributed by atoms with E-state index in [4.69, 9.17) is 4.98 Å². The number of urea groups is 1. The zero-order valence-corrected chi connectivity index (χ0v) is 18.5. The molecule has 4 aromatic rings. The Bertz CT molecular complexity index is 1310. The van der Waals surface area contributed by atoms with Gasteiger partial charge in [0.2, 0.25) is 5.91 Å². The number of pyridine rings is 1. The lowest BCUT2D eigenvalue weighted by Gasteiger charge is -2.11. The summed E-state index contributed by atoms with van der Waals surface area (Å²) in [5.41, 5.74) is 3.54. The number of rotatable bonds is 6. The van der Waals surface area contributed by atoms with Crippen molar-refractivity contribution in [3.8, 4) is 11.4 Å². The normalized spacial score (nSPS) is 10.6. The number of fused-ring (bicyclic) bond motifs is 1. The molecule has 33 heavy (non-hydrogen) atoms. The number of nitrogens with zero attached hydrogens (tertiary/aromatic N) is 4. The maximum Gasteiger partial charge on any atom is 0.319 e. The Balaban J connectivity index is 1.70. The second-order valence-electron chi connectivity index (χ2n) is 7.29. The van der Waals surface area contributed by atoms with Gasteiger partial charge < -0.3 is 21.3 Å². The van der Waals surface area contributed by atoms with Crippen LogP contribution in [0.1, 0.15) is 19.7 Å². The fourth-order valence-electron chi connectivity index (χ4n) is 3.37. The Kier molecular flexibility index (Phi) is 6.16. The minimum absolute atomic E-state index is 0.211. The molecule has 168 valence electrons. The second kappa shape index (κ2) is 9.35. The summed E-state index contributed by atoms with van der Waals surface area (Å²) in [6.07, 6.45) is 1.90. The van der Waals surface area contributed by atoms with Crippen LogP contribution in [0.5, 0.6) is 0 Å². The maximum atomic E-state index is 11.7. The molecule has 1 aromatic carbocycles. The highest BCUT2D eigenvalue weighted by atomic mass is 16.2. The SMILES string of the molecule is CCNC(=O)Nc1ccc(Nc2nc3ccccn3c2-c2cc(NC(C)=O)nc(C)n2)cc1. The van der Waals surface area contributed by atoms with Crippen molar-refractivity contribution >= 4 is 40.6 Å². The van der Waals surface area contributed by atoms with E-state index in [1.807, 2.05) is 47.9 Å². The van der Waals surface area contributed by atoms with Crippen LogP contribution in [0.4, 0.5) is 27.8 Å². The van der Waals surface area contributed by atoms with Crippen molar-refractivity contribution in [3.05, 3.63) is 60.6 Å². The molecule has 3 amide bonds. The summed E-state index contributed by atoms with van der Waals surface area (Å²) in [5.74, 6) is 1.32. The molecular formula is C23H24N8O2. The largest absolute Gasteiger partial charge is 0.338 e. The Hall–Kier alpha value is -4.47. The Labute approximate surface area is 190 Å². The van der Waals surface area contributed by atoms with Crippen LogP contribution < -0.4 is 21.3 Å². The predicted octanol–water partition coefficient (Wildman–Crippen LogP) is 3.94. The highest BCUT2D eigenvalue weighted by molar-refractivity contribution is 5.90. The average molecular weight is 444 g/mol. The third-order valence-corrected chi connectivity index (χ3v) is 4.66. The van der Waals surface area contributed by atoms with Crippen LogP contribution in [0.25, 0.3) is 17.0 Å². The van der Waals surface area contributed by atoms with Crippen molar-refractivity contribution in [1.82, 2.24) is 24.7 Å². The fraction of sp³-hybridized carbons (Fsp3) is 0.174. The number of nitrogens with one attached hydrogen (secondary N) is 4. The summed E-state index contributed by atoms with van der Waals surface area (Å²) >= 11 is 0. The van der Waals surface area contributed by atoms with E-state index in [1.165, 1.54) is 6.92 Å². The molecule has 0 fully saturated rings. The van der Waals surface area contributed by atoms with Gasteiger partial charge in [-0.05, 0) is 50.2 Å². The molecule has 10 nitrogen and oxygen atoms in total. The van der Waals surface area contributed by atoms with Gasteiger partial charge in [-0.1, -0.05) is 6.07 Å². The van der Waals surface area contributed by atoms with Gasteiger partial charge in [-0.3, -0.25) is 9.20 Å². The van der Waals surface area contributed by atoms with Crippen molar-refractivity contribution in [2.24, 2.45) is 0 Å². The molecule has 0 aliphatic rings. The lowest BCUT2D eigenvalue weighted by atomic mass is 10.2. The predicted molar refractivity (Wildman–Crippen MR) is 128 cm³/mol. The molecule has 3 aromatic heterocycles. The summed E-state index contributed by atoms with van der Waals surface area (Å²) in [7, 11) is 0. The van der Waals surface area contributed by atoms with E-state index in [9.17, 15) is 9.59 Å². The molecule has 0 radical (unpaired) electrons. The number of hydrogen-bond acceptors (Lipinski definition) is 6. The van der Waals surface area contributed by atoms with Gasteiger partial charge in [0, 0.05) is 37.1 Å². The first kappa shape index (κ1) is 21.8. The van der Waals surface area contributed by atoms with Gasteiger partial charge in [0.05, 0.1) is 5.69 Å². The Morgan fingerprint density at radius 2 is 1.73 bits per heavy atom. The molecule has 10 heteroatoms. The number of anilines is 4. The summed E-state index contributed by atoms with van der Waals surface area (Å²) < 4.78 is 1.92. The summed E-state index contributed by atoms with van der Waals surface area (Å²) in [6, 6.07) is 14.5. The summed E-state index contributed by atoms with van der Waals surface area (Å²) in [5, 5.41) is 11.5. The topological polar surface area (TPSA) is 125 Å². The monoisotopic (exact) mass is 444 g/mol. The lowest BCUT2D eigenvalue weighted by molar-refractivity contribution is -0.114. The molecule has 0 spiro atoms. The van der Waals surface area contributed by atoms with Gasteiger partial charge in [-0.2, -0.15) is 0 Å². The third kappa shape index (κ3) is 5.06. The Morgan fingerprint density at radius 1 is 0.970 bits per heavy atom. The van der Waals surface area contributed by atoms with Gasteiger partial charge in [0.1, 0.15) is 23.0 Å². The first-order chi connectivity index (χ1) is 15.9. The molecule has 4 N–H and O–H groups in total. The van der Waals surface area contributed by atoms with Crippen LogP contribution in [0.3, 0.4) is 0 Å². The number of carbonyl (C=O) groups excluding carboxylic acids is 2. The number of carbonyl (C=O) groups is 2. The number of aromatic nitrogens is 4. The third-order valence-electron chi connectivity index (χ3n) is 4.66. The first-order valence-electron chi connectivity index (χ1n) is 10.5. The number of amides is 3. The van der Waals surface area contributed by atoms with Crippen molar-refractivity contribution in [2.75, 3.05) is 22.5 Å². The van der Waals surface area contributed by atoms with Crippen molar-refractivity contribution < 1.29 is 9.59 Å². The minimum atomic E-state index is -0.255. The molecule has 0 bridgehead atoms. The maximum absolute atomic E-state index is 11.7. The number of hydrogen-bond donors (Lipinski definition) is 4. The molecule has 4 rings (SSSR count). The van der Waals surface area contributed by atoms with Crippen molar-refractivity contribution in [1.29, 1.82) is 0 Å². The van der Waals surface area contributed by atoms with Crippen LogP contribution in [-0.2, 0) is 4.79 Å².